The highest BCUT2D eigenvalue weighted by molar-refractivity contribution is 7.13. The molecule has 6 heteroatoms. The molecular weight excluding hydrogens is 356 g/mol. The fourth-order valence-corrected chi connectivity index (χ4v) is 4.49. The zero-order valence-corrected chi connectivity index (χ0v) is 16.8. The van der Waals surface area contributed by atoms with Crippen LogP contribution in [0.25, 0.3) is 0 Å². The van der Waals surface area contributed by atoms with Gasteiger partial charge in [0.2, 0.25) is 5.91 Å². The highest BCUT2D eigenvalue weighted by Crippen LogP contribution is 2.24. The standard InChI is InChI=1S/C21H26N4OS/c1-15-9-16(2)12-25(11-15)13-19-14-27-21(23-19)24-20(26)8-7-17-3-5-18(10-22)6-4-17/h3-6,14-16H,7-9,11-13H2,1-2H3,(H,23,24,26). The first-order valence-corrected chi connectivity index (χ1v) is 10.4. The largest absolute Gasteiger partial charge is 0.302 e. The van der Waals surface area contributed by atoms with Gasteiger partial charge in [-0.05, 0) is 42.4 Å². The highest BCUT2D eigenvalue weighted by atomic mass is 32.1. The summed E-state index contributed by atoms with van der Waals surface area (Å²) in [5.74, 6) is 1.43. The first-order valence-electron chi connectivity index (χ1n) is 9.47. The molecule has 1 saturated heterocycles. The summed E-state index contributed by atoms with van der Waals surface area (Å²) in [4.78, 5) is 19.2. The van der Waals surface area contributed by atoms with Crippen LogP contribution in [0.15, 0.2) is 29.6 Å². The van der Waals surface area contributed by atoms with Gasteiger partial charge >= 0.3 is 0 Å². The lowest BCUT2D eigenvalue weighted by Gasteiger charge is -2.34. The Bertz CT molecular complexity index is 798. The van der Waals surface area contributed by atoms with E-state index in [1.54, 1.807) is 12.1 Å². The van der Waals surface area contributed by atoms with E-state index in [0.29, 0.717) is 23.5 Å². The summed E-state index contributed by atoms with van der Waals surface area (Å²) < 4.78 is 0. The number of hydrogen-bond donors (Lipinski definition) is 1. The molecule has 1 aromatic carbocycles. The Hall–Kier alpha value is -2.23. The van der Waals surface area contributed by atoms with Crippen molar-refractivity contribution in [1.29, 1.82) is 5.26 Å². The highest BCUT2D eigenvalue weighted by Gasteiger charge is 2.22. The SMILES string of the molecule is CC1CC(C)CN(Cc2csc(NC(=O)CCc3ccc(C#N)cc3)n2)C1. The van der Waals surface area contributed by atoms with Crippen LogP contribution in [0.5, 0.6) is 0 Å². The van der Waals surface area contributed by atoms with Crippen molar-refractivity contribution in [2.24, 2.45) is 11.8 Å². The second-order valence-electron chi connectivity index (χ2n) is 7.64. The molecule has 1 amide bonds. The average molecular weight is 383 g/mol. The number of amides is 1. The van der Waals surface area contributed by atoms with Crippen molar-refractivity contribution in [3.8, 4) is 6.07 Å². The van der Waals surface area contributed by atoms with Crippen molar-refractivity contribution in [3.63, 3.8) is 0 Å². The van der Waals surface area contributed by atoms with Crippen LogP contribution in [0.3, 0.4) is 0 Å². The normalized spacial score (nSPS) is 20.2. The van der Waals surface area contributed by atoms with Crippen molar-refractivity contribution in [3.05, 3.63) is 46.5 Å². The summed E-state index contributed by atoms with van der Waals surface area (Å²) in [6.45, 7) is 7.71. The van der Waals surface area contributed by atoms with Crippen LogP contribution in [0.2, 0.25) is 0 Å². The summed E-state index contributed by atoms with van der Waals surface area (Å²) >= 11 is 1.49. The zero-order chi connectivity index (χ0) is 19.2. The van der Waals surface area contributed by atoms with E-state index in [9.17, 15) is 4.79 Å². The van der Waals surface area contributed by atoms with E-state index in [0.717, 1.165) is 42.7 Å². The van der Waals surface area contributed by atoms with E-state index in [4.69, 9.17) is 5.26 Å². The molecule has 2 atom stereocenters. The molecule has 1 fully saturated rings. The van der Waals surface area contributed by atoms with Crippen LogP contribution in [-0.4, -0.2) is 28.9 Å². The first kappa shape index (κ1) is 19.5. The predicted octanol–water partition coefficient (Wildman–Crippen LogP) is 4.06. The monoisotopic (exact) mass is 382 g/mol. The lowest BCUT2D eigenvalue weighted by molar-refractivity contribution is -0.116. The van der Waals surface area contributed by atoms with Crippen molar-refractivity contribution in [2.45, 2.75) is 39.7 Å². The first-order chi connectivity index (χ1) is 13.0. The van der Waals surface area contributed by atoms with Crippen molar-refractivity contribution < 1.29 is 4.79 Å². The third kappa shape index (κ3) is 5.88. The molecule has 2 aromatic rings. The number of anilines is 1. The summed E-state index contributed by atoms with van der Waals surface area (Å²) in [7, 11) is 0. The van der Waals surface area contributed by atoms with Gasteiger partial charge in [0, 0.05) is 31.4 Å². The molecule has 5 nitrogen and oxygen atoms in total. The fourth-order valence-electron chi connectivity index (χ4n) is 3.77. The number of piperidine rings is 1. The van der Waals surface area contributed by atoms with Gasteiger partial charge in [0.1, 0.15) is 0 Å². The van der Waals surface area contributed by atoms with Gasteiger partial charge in [-0.15, -0.1) is 11.3 Å². The Kier molecular flexibility index (Phi) is 6.59. The van der Waals surface area contributed by atoms with Gasteiger partial charge in [-0.2, -0.15) is 5.26 Å². The molecule has 1 aromatic heterocycles. The Labute approximate surface area is 165 Å². The van der Waals surface area contributed by atoms with Crippen LogP contribution >= 0.6 is 11.3 Å². The third-order valence-electron chi connectivity index (χ3n) is 4.85. The minimum atomic E-state index is -0.0273. The molecule has 0 saturated carbocycles. The van der Waals surface area contributed by atoms with Crippen LogP contribution in [0, 0.1) is 23.2 Å². The van der Waals surface area contributed by atoms with Gasteiger partial charge in [-0.1, -0.05) is 26.0 Å². The molecule has 1 aliphatic heterocycles. The predicted molar refractivity (Wildman–Crippen MR) is 108 cm³/mol. The van der Waals surface area contributed by atoms with Gasteiger partial charge in [-0.3, -0.25) is 9.69 Å². The van der Waals surface area contributed by atoms with Crippen LogP contribution in [0.1, 0.15) is 43.5 Å². The number of likely N-dealkylation sites (tertiary alicyclic amines) is 1. The molecule has 3 rings (SSSR count). The molecular formula is C21H26N4OS. The lowest BCUT2D eigenvalue weighted by Crippen LogP contribution is -2.38. The Balaban J connectivity index is 1.46. The van der Waals surface area contributed by atoms with Crippen LogP contribution in [0.4, 0.5) is 5.13 Å². The van der Waals surface area contributed by atoms with E-state index in [2.05, 4.69) is 35.1 Å². The second kappa shape index (κ2) is 9.12. The number of rotatable bonds is 6. The number of thiazole rings is 1. The second-order valence-corrected chi connectivity index (χ2v) is 8.50. The summed E-state index contributed by atoms with van der Waals surface area (Å²) in [5, 5.41) is 14.4. The quantitative estimate of drug-likeness (QED) is 0.818. The van der Waals surface area contributed by atoms with Gasteiger partial charge in [0.15, 0.2) is 5.13 Å². The van der Waals surface area contributed by atoms with Gasteiger partial charge in [-0.25, -0.2) is 4.98 Å². The number of nitriles is 1. The number of carbonyl (C=O) groups excluding carboxylic acids is 1. The smallest absolute Gasteiger partial charge is 0.226 e. The van der Waals surface area contributed by atoms with E-state index in [-0.39, 0.29) is 5.91 Å². The van der Waals surface area contributed by atoms with E-state index in [1.807, 2.05) is 17.5 Å². The Morgan fingerprint density at radius 1 is 1.30 bits per heavy atom. The number of carbonyl (C=O) groups is 1. The molecule has 2 unspecified atom stereocenters. The van der Waals surface area contributed by atoms with Gasteiger partial charge in [0.05, 0.1) is 17.3 Å². The molecule has 0 bridgehead atoms. The van der Waals surface area contributed by atoms with Crippen LogP contribution < -0.4 is 5.32 Å². The topological polar surface area (TPSA) is 69.0 Å². The number of nitrogens with one attached hydrogen (secondary N) is 1. The lowest BCUT2D eigenvalue weighted by atomic mass is 9.92. The Morgan fingerprint density at radius 2 is 2.00 bits per heavy atom. The Morgan fingerprint density at radius 3 is 2.67 bits per heavy atom. The molecule has 0 radical (unpaired) electrons. The molecule has 2 heterocycles. The number of hydrogen-bond acceptors (Lipinski definition) is 5. The summed E-state index contributed by atoms with van der Waals surface area (Å²) in [6.07, 6.45) is 2.36. The average Bonchev–Trinajstić information content (AvgIpc) is 3.06. The molecule has 1 aliphatic rings. The zero-order valence-electron chi connectivity index (χ0n) is 15.9. The maximum atomic E-state index is 12.2. The van der Waals surface area contributed by atoms with Crippen molar-refractivity contribution in [2.75, 3.05) is 18.4 Å². The molecule has 0 spiro atoms. The van der Waals surface area contributed by atoms with Gasteiger partial charge < -0.3 is 5.32 Å². The van der Waals surface area contributed by atoms with Crippen molar-refractivity contribution in [1.82, 2.24) is 9.88 Å². The van der Waals surface area contributed by atoms with E-state index < -0.39 is 0 Å². The molecule has 27 heavy (non-hydrogen) atoms. The van der Waals surface area contributed by atoms with E-state index in [1.165, 1.54) is 17.8 Å². The number of nitrogens with zero attached hydrogens (tertiary/aromatic N) is 3. The maximum absolute atomic E-state index is 12.2. The molecule has 0 aliphatic carbocycles. The van der Waals surface area contributed by atoms with Crippen LogP contribution in [-0.2, 0) is 17.8 Å². The summed E-state index contributed by atoms with van der Waals surface area (Å²) in [6, 6.07) is 9.45. The maximum Gasteiger partial charge on any atom is 0.226 e. The minimum Gasteiger partial charge on any atom is -0.302 e. The third-order valence-corrected chi connectivity index (χ3v) is 5.66. The number of aryl methyl sites for hydroxylation is 1. The van der Waals surface area contributed by atoms with Gasteiger partial charge in [0.25, 0.3) is 0 Å². The van der Waals surface area contributed by atoms with E-state index >= 15 is 0 Å². The summed E-state index contributed by atoms with van der Waals surface area (Å²) in [5.41, 5.74) is 2.72. The molecule has 1 N–H and O–H groups in total. The minimum absolute atomic E-state index is 0.0273. The number of aromatic nitrogens is 1. The molecule has 142 valence electrons. The fraction of sp³-hybridized carbons (Fsp3) is 0.476. The number of benzene rings is 1. The van der Waals surface area contributed by atoms with Crippen molar-refractivity contribution >= 4 is 22.4 Å².